The maximum atomic E-state index is 13.6. The van der Waals surface area contributed by atoms with E-state index in [9.17, 15) is 4.79 Å². The zero-order valence-corrected chi connectivity index (χ0v) is 27.8. The van der Waals surface area contributed by atoms with Crippen LogP contribution in [-0.4, -0.2) is 52.1 Å². The first-order valence-corrected chi connectivity index (χ1v) is 18.1. The predicted octanol–water partition coefficient (Wildman–Crippen LogP) is 8.45. The van der Waals surface area contributed by atoms with Crippen molar-refractivity contribution >= 4 is 48.5 Å². The number of benzene rings is 2. The normalized spacial score (nSPS) is 17.7. The van der Waals surface area contributed by atoms with Gasteiger partial charge in [0.2, 0.25) is 8.32 Å². The van der Waals surface area contributed by atoms with E-state index in [2.05, 4.69) is 52.5 Å². The standard InChI is InChI=1S/C32H42ClN3O3SSi/c1-20(2)41(21(3)4,22(5)6)39-26-14-16-35(19-26)28-13-12-25(18-29(28)38-7)36-17-15-27-30(32(36)37)40-31(34-27)23-8-10-24(33)11-9-23/h8-13,18,20-22,26H,14-17,19H2,1-7H3. The van der Waals surface area contributed by atoms with E-state index in [-0.39, 0.29) is 12.0 Å². The van der Waals surface area contributed by atoms with Gasteiger partial charge in [0, 0.05) is 48.4 Å². The Morgan fingerprint density at radius 2 is 1.68 bits per heavy atom. The van der Waals surface area contributed by atoms with Crippen LogP contribution >= 0.6 is 22.9 Å². The number of amides is 1. The number of hydrogen-bond acceptors (Lipinski definition) is 6. The molecule has 1 atom stereocenters. The number of anilines is 2. The largest absolute Gasteiger partial charge is 0.495 e. The molecule has 3 heterocycles. The first kappa shape index (κ1) is 30.1. The molecule has 41 heavy (non-hydrogen) atoms. The van der Waals surface area contributed by atoms with E-state index in [1.54, 1.807) is 7.11 Å². The lowest BCUT2D eigenvalue weighted by molar-refractivity contribution is 0.0984. The van der Waals surface area contributed by atoms with Crippen molar-refractivity contribution in [1.82, 2.24) is 4.98 Å². The zero-order chi connectivity index (χ0) is 29.5. The van der Waals surface area contributed by atoms with Gasteiger partial charge in [-0.15, -0.1) is 11.3 Å². The molecule has 2 aromatic carbocycles. The molecule has 0 aliphatic carbocycles. The number of hydrogen-bond donors (Lipinski definition) is 0. The topological polar surface area (TPSA) is 54.9 Å². The highest BCUT2D eigenvalue weighted by molar-refractivity contribution is 7.17. The van der Waals surface area contributed by atoms with Gasteiger partial charge in [0.15, 0.2) is 0 Å². The van der Waals surface area contributed by atoms with Gasteiger partial charge in [-0.1, -0.05) is 65.3 Å². The van der Waals surface area contributed by atoms with Gasteiger partial charge < -0.3 is 19.0 Å². The second-order valence-electron chi connectivity index (χ2n) is 12.2. The van der Waals surface area contributed by atoms with Crippen LogP contribution in [0.2, 0.25) is 21.6 Å². The van der Waals surface area contributed by atoms with Crippen molar-refractivity contribution in [1.29, 1.82) is 0 Å². The summed E-state index contributed by atoms with van der Waals surface area (Å²) in [6, 6.07) is 13.8. The average Bonchev–Trinajstić information content (AvgIpc) is 3.59. The van der Waals surface area contributed by atoms with Crippen LogP contribution in [0.5, 0.6) is 5.75 Å². The van der Waals surface area contributed by atoms with Gasteiger partial charge in [0.05, 0.1) is 24.6 Å². The molecule has 220 valence electrons. The molecule has 1 aromatic heterocycles. The number of ether oxygens (including phenoxy) is 1. The van der Waals surface area contributed by atoms with Crippen molar-refractivity contribution in [3.8, 4) is 16.3 Å². The minimum Gasteiger partial charge on any atom is -0.495 e. The van der Waals surface area contributed by atoms with Crippen LogP contribution in [0.3, 0.4) is 0 Å². The van der Waals surface area contributed by atoms with Crippen LogP contribution in [0.25, 0.3) is 10.6 Å². The van der Waals surface area contributed by atoms with Crippen molar-refractivity contribution in [2.24, 2.45) is 0 Å². The summed E-state index contributed by atoms with van der Waals surface area (Å²) in [5.41, 5.74) is 5.44. The van der Waals surface area contributed by atoms with Crippen molar-refractivity contribution < 1.29 is 14.0 Å². The maximum absolute atomic E-state index is 13.6. The van der Waals surface area contributed by atoms with Crippen LogP contribution in [0.4, 0.5) is 11.4 Å². The summed E-state index contributed by atoms with van der Waals surface area (Å²) in [5.74, 6) is 0.777. The Labute approximate surface area is 254 Å². The summed E-state index contributed by atoms with van der Waals surface area (Å²) >= 11 is 7.51. The molecule has 6 nitrogen and oxygen atoms in total. The lowest BCUT2D eigenvalue weighted by Gasteiger charge is -2.44. The molecule has 0 radical (unpaired) electrons. The van der Waals surface area contributed by atoms with Crippen LogP contribution in [-0.2, 0) is 10.8 Å². The average molecular weight is 612 g/mol. The summed E-state index contributed by atoms with van der Waals surface area (Å²) < 4.78 is 13.0. The Kier molecular flexibility index (Phi) is 8.86. The minimum absolute atomic E-state index is 0.00856. The molecule has 0 saturated carbocycles. The number of methoxy groups -OCH3 is 1. The fourth-order valence-electron chi connectivity index (χ4n) is 6.93. The quantitative estimate of drug-likeness (QED) is 0.227. The Bertz CT molecular complexity index is 1370. The summed E-state index contributed by atoms with van der Waals surface area (Å²) in [7, 11) is -0.241. The highest BCUT2D eigenvalue weighted by Gasteiger charge is 2.47. The molecule has 1 saturated heterocycles. The Balaban J connectivity index is 1.33. The molecule has 0 spiro atoms. The van der Waals surface area contributed by atoms with Crippen molar-refractivity contribution in [2.45, 2.75) is 77.1 Å². The highest BCUT2D eigenvalue weighted by Crippen LogP contribution is 2.45. The highest BCUT2D eigenvalue weighted by atomic mass is 35.5. The van der Waals surface area contributed by atoms with Crippen LogP contribution in [0.15, 0.2) is 42.5 Å². The molecule has 0 bridgehead atoms. The molecule has 0 N–H and O–H groups in total. The number of fused-ring (bicyclic) bond motifs is 1. The molecule has 3 aromatic rings. The molecule has 1 fully saturated rings. The SMILES string of the molecule is COc1cc(N2CCc3nc(-c4ccc(Cl)cc4)sc3C2=O)ccc1N1CCC(O[Si](C(C)C)(C(C)C)C(C)C)C1. The van der Waals surface area contributed by atoms with Gasteiger partial charge in [0.25, 0.3) is 5.91 Å². The third-order valence-electron chi connectivity index (χ3n) is 8.84. The van der Waals surface area contributed by atoms with E-state index in [0.717, 1.165) is 52.9 Å². The summed E-state index contributed by atoms with van der Waals surface area (Å²) in [5, 5.41) is 1.53. The molecular formula is C32H42ClN3O3SSi. The number of aromatic nitrogens is 1. The predicted molar refractivity (Wildman–Crippen MR) is 174 cm³/mol. The minimum atomic E-state index is -1.95. The molecule has 5 rings (SSSR count). The second-order valence-corrected chi connectivity index (χ2v) is 19.0. The van der Waals surface area contributed by atoms with Gasteiger partial charge in [-0.25, -0.2) is 4.98 Å². The van der Waals surface area contributed by atoms with Gasteiger partial charge in [-0.3, -0.25) is 4.79 Å². The number of nitrogens with zero attached hydrogens (tertiary/aromatic N) is 3. The van der Waals surface area contributed by atoms with Crippen molar-refractivity contribution in [2.75, 3.05) is 36.5 Å². The number of halogens is 1. The Hall–Kier alpha value is -2.39. The van der Waals surface area contributed by atoms with E-state index in [4.69, 9.17) is 25.7 Å². The molecule has 9 heteroatoms. The van der Waals surface area contributed by atoms with E-state index < -0.39 is 8.32 Å². The van der Waals surface area contributed by atoms with Crippen LogP contribution < -0.4 is 14.5 Å². The molecule has 1 amide bonds. The Morgan fingerprint density at radius 3 is 2.32 bits per heavy atom. The molecule has 2 aliphatic heterocycles. The fraction of sp³-hybridized carbons (Fsp3) is 0.500. The zero-order valence-electron chi connectivity index (χ0n) is 25.2. The smallest absolute Gasteiger partial charge is 0.270 e. The van der Waals surface area contributed by atoms with E-state index in [1.807, 2.05) is 41.3 Å². The van der Waals surface area contributed by atoms with Crippen LogP contribution in [0, 0.1) is 0 Å². The lowest BCUT2D eigenvalue weighted by atomic mass is 10.1. The first-order valence-electron chi connectivity index (χ1n) is 14.7. The second kappa shape index (κ2) is 12.1. The monoisotopic (exact) mass is 611 g/mol. The molecule has 2 aliphatic rings. The molecule has 1 unspecified atom stereocenters. The fourth-order valence-corrected chi connectivity index (χ4v) is 13.7. The number of carbonyl (C=O) groups is 1. The number of thiazole rings is 1. The van der Waals surface area contributed by atoms with Crippen molar-refractivity contribution in [3.05, 3.63) is 58.1 Å². The number of rotatable bonds is 9. The maximum Gasteiger partial charge on any atom is 0.270 e. The molecular weight excluding hydrogens is 570 g/mol. The van der Waals surface area contributed by atoms with Gasteiger partial charge in [0.1, 0.15) is 15.6 Å². The van der Waals surface area contributed by atoms with E-state index in [0.29, 0.717) is 39.5 Å². The first-order chi connectivity index (χ1) is 19.5. The third-order valence-corrected chi connectivity index (χ3v) is 16.4. The van der Waals surface area contributed by atoms with Crippen LogP contribution in [0.1, 0.15) is 63.3 Å². The third kappa shape index (κ3) is 5.68. The number of carbonyl (C=O) groups excluding carboxylic acids is 1. The van der Waals surface area contributed by atoms with Gasteiger partial charge >= 0.3 is 0 Å². The lowest BCUT2D eigenvalue weighted by Crippen LogP contribution is -2.50. The Morgan fingerprint density at radius 1 is 1.00 bits per heavy atom. The van der Waals surface area contributed by atoms with E-state index >= 15 is 0 Å². The summed E-state index contributed by atoms with van der Waals surface area (Å²) in [6.07, 6.45) is 1.95. The van der Waals surface area contributed by atoms with Crippen molar-refractivity contribution in [3.63, 3.8) is 0 Å². The van der Waals surface area contributed by atoms with Gasteiger partial charge in [-0.05, 0) is 47.3 Å². The summed E-state index contributed by atoms with van der Waals surface area (Å²) in [6.45, 7) is 16.4. The van der Waals surface area contributed by atoms with E-state index in [1.165, 1.54) is 11.3 Å². The van der Waals surface area contributed by atoms with Gasteiger partial charge in [-0.2, -0.15) is 0 Å². The summed E-state index contributed by atoms with van der Waals surface area (Å²) in [4.78, 5) is 23.3.